The number of aromatic nitrogens is 2. The molecular weight excluding hydrogens is 351 g/mol. The van der Waals surface area contributed by atoms with E-state index in [1.807, 2.05) is 0 Å². The van der Waals surface area contributed by atoms with E-state index in [4.69, 9.17) is 5.73 Å². The van der Waals surface area contributed by atoms with Gasteiger partial charge in [-0.1, -0.05) is 12.1 Å². The topological polar surface area (TPSA) is 98.0 Å². The maximum Gasteiger partial charge on any atom is 0.250 e. The predicted molar refractivity (Wildman–Crippen MR) is 90.2 cm³/mol. The van der Waals surface area contributed by atoms with Gasteiger partial charge < -0.3 is 5.73 Å². The van der Waals surface area contributed by atoms with Crippen molar-refractivity contribution in [3.8, 4) is 10.6 Å². The van der Waals surface area contributed by atoms with Crippen molar-refractivity contribution in [2.24, 2.45) is 0 Å². The van der Waals surface area contributed by atoms with Crippen LogP contribution in [-0.2, 0) is 16.6 Å². The molecule has 2 heterocycles. The summed E-state index contributed by atoms with van der Waals surface area (Å²) in [6, 6.07) is 10.5. The second kappa shape index (κ2) is 6.63. The van der Waals surface area contributed by atoms with E-state index in [0.717, 1.165) is 11.3 Å². The zero-order valence-corrected chi connectivity index (χ0v) is 13.9. The molecule has 0 saturated carbocycles. The number of hydrogen-bond donors (Lipinski definition) is 2. The molecule has 0 saturated heterocycles. The van der Waals surface area contributed by atoms with Crippen LogP contribution in [0.4, 0.5) is 10.3 Å². The number of halogens is 1. The fourth-order valence-corrected chi connectivity index (χ4v) is 4.30. The van der Waals surface area contributed by atoms with E-state index in [0.29, 0.717) is 16.1 Å². The van der Waals surface area contributed by atoms with Crippen molar-refractivity contribution >= 4 is 27.3 Å². The van der Waals surface area contributed by atoms with E-state index in [1.54, 1.807) is 12.1 Å². The minimum absolute atomic E-state index is 0.0797. The number of rotatable bonds is 5. The molecule has 3 rings (SSSR count). The Bertz CT molecular complexity index is 956. The van der Waals surface area contributed by atoms with Crippen LogP contribution >= 0.6 is 11.3 Å². The highest BCUT2D eigenvalue weighted by molar-refractivity contribution is 7.91. The van der Waals surface area contributed by atoms with Crippen LogP contribution in [0.15, 0.2) is 52.9 Å². The molecule has 0 aliphatic heterocycles. The van der Waals surface area contributed by atoms with Crippen molar-refractivity contribution < 1.29 is 12.8 Å². The van der Waals surface area contributed by atoms with Gasteiger partial charge in [0.05, 0.1) is 10.6 Å². The van der Waals surface area contributed by atoms with Gasteiger partial charge in [-0.05, 0) is 35.9 Å². The average Bonchev–Trinajstić information content (AvgIpc) is 3.05. The van der Waals surface area contributed by atoms with Gasteiger partial charge in [0.15, 0.2) is 0 Å². The van der Waals surface area contributed by atoms with E-state index >= 15 is 0 Å². The Kier molecular flexibility index (Phi) is 4.56. The number of anilines is 1. The third-order valence-electron chi connectivity index (χ3n) is 3.15. The van der Waals surface area contributed by atoms with Crippen molar-refractivity contribution in [3.05, 3.63) is 60.0 Å². The first kappa shape index (κ1) is 16.5. The smallest absolute Gasteiger partial charge is 0.250 e. The summed E-state index contributed by atoms with van der Waals surface area (Å²) in [6.45, 7) is 0.0797. The molecule has 0 fully saturated rings. The maximum absolute atomic E-state index is 12.9. The van der Waals surface area contributed by atoms with E-state index in [-0.39, 0.29) is 22.5 Å². The van der Waals surface area contributed by atoms with Crippen molar-refractivity contribution in [1.29, 1.82) is 0 Å². The van der Waals surface area contributed by atoms with Crippen molar-refractivity contribution in [2.45, 2.75) is 10.8 Å². The van der Waals surface area contributed by atoms with Crippen LogP contribution in [0, 0.1) is 5.82 Å². The second-order valence-electron chi connectivity index (χ2n) is 4.87. The number of thiophene rings is 1. The number of sulfonamides is 1. The van der Waals surface area contributed by atoms with Gasteiger partial charge in [-0.3, -0.25) is 0 Å². The van der Waals surface area contributed by atoms with E-state index < -0.39 is 10.0 Å². The highest BCUT2D eigenvalue weighted by atomic mass is 32.2. The number of benzene rings is 1. The van der Waals surface area contributed by atoms with Crippen LogP contribution in [-0.4, -0.2) is 18.4 Å². The monoisotopic (exact) mass is 364 g/mol. The molecule has 6 nitrogen and oxygen atoms in total. The first-order valence-electron chi connectivity index (χ1n) is 6.87. The molecule has 9 heteroatoms. The zero-order chi connectivity index (χ0) is 17.2. The third-order valence-corrected chi connectivity index (χ3v) is 6.15. The Morgan fingerprint density at radius 2 is 1.88 bits per heavy atom. The Morgan fingerprint density at radius 3 is 2.58 bits per heavy atom. The molecule has 0 aliphatic rings. The Balaban J connectivity index is 1.76. The molecule has 24 heavy (non-hydrogen) atoms. The van der Waals surface area contributed by atoms with Gasteiger partial charge in [0.1, 0.15) is 10.0 Å². The van der Waals surface area contributed by atoms with Crippen LogP contribution in [0.2, 0.25) is 0 Å². The number of nitrogens with one attached hydrogen (secondary N) is 1. The molecule has 0 atom stereocenters. The first-order chi connectivity index (χ1) is 11.4. The molecule has 0 aliphatic carbocycles. The molecule has 1 aromatic carbocycles. The summed E-state index contributed by atoms with van der Waals surface area (Å²) in [5.41, 5.74) is 6.77. The van der Waals surface area contributed by atoms with Gasteiger partial charge in [0, 0.05) is 12.7 Å². The van der Waals surface area contributed by atoms with Crippen molar-refractivity contribution in [2.75, 3.05) is 5.73 Å². The minimum Gasteiger partial charge on any atom is -0.368 e. The average molecular weight is 364 g/mol. The molecule has 124 valence electrons. The largest absolute Gasteiger partial charge is 0.368 e. The quantitative estimate of drug-likeness (QED) is 0.724. The van der Waals surface area contributed by atoms with Gasteiger partial charge in [-0.25, -0.2) is 27.5 Å². The summed E-state index contributed by atoms with van der Waals surface area (Å²) in [4.78, 5) is 8.54. The lowest BCUT2D eigenvalue weighted by Crippen LogP contribution is -2.22. The van der Waals surface area contributed by atoms with Crippen molar-refractivity contribution in [3.63, 3.8) is 0 Å². The number of nitrogens with zero attached hydrogens (tertiary/aromatic N) is 2. The summed E-state index contributed by atoms with van der Waals surface area (Å²) in [5.74, 6) is -0.242. The standard InChI is InChI=1S/C15H13FN4O2S2/c16-11-3-1-10(2-4-11)9-19-24(21,22)14-6-5-13(23-14)12-7-8-18-15(17)20-12/h1-8,19H,9H2,(H2,17,18,20). The molecule has 0 bridgehead atoms. The fraction of sp³-hybridized carbons (Fsp3) is 0.0667. The lowest BCUT2D eigenvalue weighted by molar-refractivity contribution is 0.583. The highest BCUT2D eigenvalue weighted by Gasteiger charge is 2.17. The molecule has 0 amide bonds. The highest BCUT2D eigenvalue weighted by Crippen LogP contribution is 2.29. The molecule has 3 N–H and O–H groups in total. The SMILES string of the molecule is Nc1nccc(-c2ccc(S(=O)(=O)NCc3ccc(F)cc3)s2)n1. The summed E-state index contributed by atoms with van der Waals surface area (Å²) < 4.78 is 40.2. The normalized spacial score (nSPS) is 11.5. The van der Waals surface area contributed by atoms with Gasteiger partial charge in [-0.2, -0.15) is 0 Å². The third kappa shape index (κ3) is 3.75. The molecule has 0 radical (unpaired) electrons. The van der Waals surface area contributed by atoms with Gasteiger partial charge in [-0.15, -0.1) is 11.3 Å². The van der Waals surface area contributed by atoms with E-state index in [1.165, 1.54) is 36.5 Å². The van der Waals surface area contributed by atoms with Crippen LogP contribution in [0.25, 0.3) is 10.6 Å². The Morgan fingerprint density at radius 1 is 1.12 bits per heavy atom. The molecule has 2 aromatic heterocycles. The summed E-state index contributed by atoms with van der Waals surface area (Å²) in [5, 5.41) is 0. The number of hydrogen-bond acceptors (Lipinski definition) is 6. The summed E-state index contributed by atoms with van der Waals surface area (Å²) >= 11 is 1.08. The maximum atomic E-state index is 12.9. The summed E-state index contributed by atoms with van der Waals surface area (Å²) in [7, 11) is -3.67. The van der Waals surface area contributed by atoms with Gasteiger partial charge in [0.2, 0.25) is 16.0 Å². The second-order valence-corrected chi connectivity index (χ2v) is 7.95. The van der Waals surface area contributed by atoms with Crippen LogP contribution in [0.1, 0.15) is 5.56 Å². The van der Waals surface area contributed by atoms with Gasteiger partial charge in [0.25, 0.3) is 0 Å². The fourth-order valence-electron chi connectivity index (χ4n) is 1.96. The zero-order valence-electron chi connectivity index (χ0n) is 12.3. The van der Waals surface area contributed by atoms with Crippen LogP contribution in [0.5, 0.6) is 0 Å². The minimum atomic E-state index is -3.67. The predicted octanol–water partition coefficient (Wildman–Crippen LogP) is 2.40. The Labute approximate surface area is 142 Å². The first-order valence-corrected chi connectivity index (χ1v) is 9.17. The number of nitrogen functional groups attached to an aromatic ring is 1. The Hall–Kier alpha value is -2.36. The van der Waals surface area contributed by atoms with E-state index in [9.17, 15) is 12.8 Å². The molecule has 0 spiro atoms. The molecular formula is C15H13FN4O2S2. The van der Waals surface area contributed by atoms with Crippen LogP contribution < -0.4 is 10.5 Å². The van der Waals surface area contributed by atoms with E-state index in [2.05, 4.69) is 14.7 Å². The summed E-state index contributed by atoms with van der Waals surface area (Å²) in [6.07, 6.45) is 1.51. The van der Waals surface area contributed by atoms with Crippen LogP contribution in [0.3, 0.4) is 0 Å². The molecule has 3 aromatic rings. The lowest BCUT2D eigenvalue weighted by Gasteiger charge is -2.05. The molecule has 0 unspecified atom stereocenters. The lowest BCUT2D eigenvalue weighted by atomic mass is 10.2. The van der Waals surface area contributed by atoms with Crippen molar-refractivity contribution in [1.82, 2.24) is 14.7 Å². The number of nitrogens with two attached hydrogens (primary N) is 1. The van der Waals surface area contributed by atoms with Gasteiger partial charge >= 0.3 is 0 Å².